The molecule has 1 aromatic rings. The highest BCUT2D eigenvalue weighted by atomic mass is 35.5. The van der Waals surface area contributed by atoms with Gasteiger partial charge in [0.15, 0.2) is 0 Å². The van der Waals surface area contributed by atoms with Crippen molar-refractivity contribution in [1.29, 1.82) is 0 Å². The summed E-state index contributed by atoms with van der Waals surface area (Å²) in [5.41, 5.74) is 0.544. The van der Waals surface area contributed by atoms with Gasteiger partial charge in [0.05, 0.1) is 17.7 Å². The summed E-state index contributed by atoms with van der Waals surface area (Å²) in [6, 6.07) is 2.54. The SMILES string of the molecule is CCc1c(F)ccc(C(=O)OC)c1Cl. The fourth-order valence-electron chi connectivity index (χ4n) is 1.19. The number of benzene rings is 1. The monoisotopic (exact) mass is 216 g/mol. The van der Waals surface area contributed by atoms with Gasteiger partial charge in [-0.3, -0.25) is 0 Å². The van der Waals surface area contributed by atoms with Gasteiger partial charge >= 0.3 is 5.97 Å². The third-order valence-corrected chi connectivity index (χ3v) is 2.38. The van der Waals surface area contributed by atoms with Crippen LogP contribution in [0.3, 0.4) is 0 Å². The van der Waals surface area contributed by atoms with Crippen molar-refractivity contribution in [1.82, 2.24) is 0 Å². The van der Waals surface area contributed by atoms with E-state index in [9.17, 15) is 9.18 Å². The molecule has 14 heavy (non-hydrogen) atoms. The number of hydrogen-bond acceptors (Lipinski definition) is 2. The Bertz CT molecular complexity index is 363. The van der Waals surface area contributed by atoms with E-state index in [4.69, 9.17) is 11.6 Å². The molecular weight excluding hydrogens is 207 g/mol. The summed E-state index contributed by atoms with van der Waals surface area (Å²) in [4.78, 5) is 11.2. The third kappa shape index (κ3) is 1.87. The van der Waals surface area contributed by atoms with Crippen molar-refractivity contribution < 1.29 is 13.9 Å². The van der Waals surface area contributed by atoms with Crippen LogP contribution in [-0.4, -0.2) is 13.1 Å². The van der Waals surface area contributed by atoms with Crippen molar-refractivity contribution in [2.75, 3.05) is 7.11 Å². The Morgan fingerprint density at radius 1 is 1.57 bits per heavy atom. The Morgan fingerprint density at radius 2 is 2.21 bits per heavy atom. The summed E-state index contributed by atoms with van der Waals surface area (Å²) in [7, 11) is 1.26. The molecule has 0 N–H and O–H groups in total. The molecule has 0 aliphatic heterocycles. The highest BCUT2D eigenvalue weighted by molar-refractivity contribution is 6.34. The number of carbonyl (C=O) groups is 1. The van der Waals surface area contributed by atoms with Crippen LogP contribution in [0, 0.1) is 5.82 Å². The molecule has 0 radical (unpaired) electrons. The van der Waals surface area contributed by atoms with Crippen molar-refractivity contribution in [3.05, 3.63) is 34.1 Å². The molecular formula is C10H10ClFO2. The molecule has 0 aliphatic rings. The molecule has 0 amide bonds. The normalized spacial score (nSPS) is 10.0. The largest absolute Gasteiger partial charge is 0.465 e. The predicted molar refractivity (Wildman–Crippen MR) is 52.1 cm³/mol. The Hall–Kier alpha value is -1.09. The number of rotatable bonds is 2. The van der Waals surface area contributed by atoms with E-state index in [0.29, 0.717) is 12.0 Å². The van der Waals surface area contributed by atoms with E-state index in [1.165, 1.54) is 19.2 Å². The molecule has 0 unspecified atom stereocenters. The summed E-state index contributed by atoms with van der Waals surface area (Å²) < 4.78 is 17.7. The molecule has 0 aromatic heterocycles. The maximum Gasteiger partial charge on any atom is 0.339 e. The van der Waals surface area contributed by atoms with Crippen LogP contribution in [0.15, 0.2) is 12.1 Å². The topological polar surface area (TPSA) is 26.3 Å². The molecule has 2 nitrogen and oxygen atoms in total. The number of halogens is 2. The highest BCUT2D eigenvalue weighted by Gasteiger charge is 2.15. The Morgan fingerprint density at radius 3 is 2.71 bits per heavy atom. The zero-order valence-electron chi connectivity index (χ0n) is 7.93. The van der Waals surface area contributed by atoms with Gasteiger partial charge in [-0.15, -0.1) is 0 Å². The minimum Gasteiger partial charge on any atom is -0.465 e. The maximum atomic E-state index is 13.2. The standard InChI is InChI=1S/C10H10ClFO2/c1-3-6-8(12)5-4-7(9(6)11)10(13)14-2/h4-5H,3H2,1-2H3. The fraction of sp³-hybridized carbons (Fsp3) is 0.300. The van der Waals surface area contributed by atoms with Gasteiger partial charge in [-0.1, -0.05) is 18.5 Å². The number of carbonyl (C=O) groups excluding carboxylic acids is 1. The van der Waals surface area contributed by atoms with Crippen LogP contribution >= 0.6 is 11.6 Å². The number of esters is 1. The summed E-state index contributed by atoms with van der Waals surface area (Å²) in [5.74, 6) is -0.949. The van der Waals surface area contributed by atoms with Crippen molar-refractivity contribution in [3.63, 3.8) is 0 Å². The third-order valence-electron chi connectivity index (χ3n) is 1.94. The maximum absolute atomic E-state index is 13.2. The van der Waals surface area contributed by atoms with Crippen molar-refractivity contribution in [3.8, 4) is 0 Å². The first-order chi connectivity index (χ1) is 6.61. The molecule has 1 rings (SSSR count). The zero-order chi connectivity index (χ0) is 10.7. The average molecular weight is 217 g/mol. The smallest absolute Gasteiger partial charge is 0.339 e. The Labute approximate surface area is 86.6 Å². The van der Waals surface area contributed by atoms with Gasteiger partial charge in [0, 0.05) is 5.56 Å². The minimum absolute atomic E-state index is 0.138. The molecule has 1 aromatic carbocycles. The van der Waals surface area contributed by atoms with Gasteiger partial charge in [-0.05, 0) is 18.6 Å². The molecule has 0 atom stereocenters. The van der Waals surface area contributed by atoms with Gasteiger partial charge in [0.25, 0.3) is 0 Å². The van der Waals surface area contributed by atoms with Crippen LogP contribution < -0.4 is 0 Å². The van der Waals surface area contributed by atoms with Crippen LogP contribution in [0.25, 0.3) is 0 Å². The lowest BCUT2D eigenvalue weighted by Gasteiger charge is -2.07. The molecule has 0 saturated heterocycles. The van der Waals surface area contributed by atoms with E-state index in [2.05, 4.69) is 4.74 Å². The predicted octanol–water partition coefficient (Wildman–Crippen LogP) is 2.83. The second kappa shape index (κ2) is 4.42. The fourth-order valence-corrected chi connectivity index (χ4v) is 1.55. The molecule has 0 spiro atoms. The van der Waals surface area contributed by atoms with E-state index < -0.39 is 11.8 Å². The first-order valence-corrected chi connectivity index (χ1v) is 4.54. The minimum atomic E-state index is -0.551. The van der Waals surface area contributed by atoms with Crippen LogP contribution in [0.5, 0.6) is 0 Å². The average Bonchev–Trinajstić information content (AvgIpc) is 2.18. The van der Waals surface area contributed by atoms with Crippen LogP contribution in [0.1, 0.15) is 22.8 Å². The quantitative estimate of drug-likeness (QED) is 0.711. The van der Waals surface area contributed by atoms with Crippen LogP contribution in [-0.2, 0) is 11.2 Å². The number of ether oxygens (including phenoxy) is 1. The van der Waals surface area contributed by atoms with Gasteiger partial charge in [-0.25, -0.2) is 9.18 Å². The molecule has 4 heteroatoms. The Kier molecular flexibility index (Phi) is 3.47. The van der Waals surface area contributed by atoms with E-state index in [1.54, 1.807) is 6.92 Å². The van der Waals surface area contributed by atoms with Gasteiger partial charge in [0.1, 0.15) is 5.82 Å². The first-order valence-electron chi connectivity index (χ1n) is 4.17. The summed E-state index contributed by atoms with van der Waals surface area (Å²) in [6.45, 7) is 1.77. The van der Waals surface area contributed by atoms with Crippen LogP contribution in [0.2, 0.25) is 5.02 Å². The van der Waals surface area contributed by atoms with E-state index >= 15 is 0 Å². The summed E-state index contributed by atoms with van der Waals surface area (Å²) >= 11 is 5.85. The lowest BCUT2D eigenvalue weighted by atomic mass is 10.1. The van der Waals surface area contributed by atoms with Crippen LogP contribution in [0.4, 0.5) is 4.39 Å². The second-order valence-corrected chi connectivity index (χ2v) is 3.11. The van der Waals surface area contributed by atoms with Gasteiger partial charge in [0.2, 0.25) is 0 Å². The van der Waals surface area contributed by atoms with Crippen molar-refractivity contribution in [2.24, 2.45) is 0 Å². The van der Waals surface area contributed by atoms with E-state index in [0.717, 1.165) is 0 Å². The molecule has 0 fully saturated rings. The van der Waals surface area contributed by atoms with Gasteiger partial charge in [-0.2, -0.15) is 0 Å². The zero-order valence-corrected chi connectivity index (χ0v) is 8.69. The molecule has 76 valence electrons. The first kappa shape index (κ1) is 11.0. The second-order valence-electron chi connectivity index (χ2n) is 2.73. The number of hydrogen-bond donors (Lipinski definition) is 0. The van der Waals surface area contributed by atoms with E-state index in [-0.39, 0.29) is 10.6 Å². The summed E-state index contributed by atoms with van der Waals surface area (Å²) in [5, 5.41) is 0.138. The lowest BCUT2D eigenvalue weighted by molar-refractivity contribution is 0.0601. The molecule has 0 heterocycles. The Balaban J connectivity index is 3.28. The lowest BCUT2D eigenvalue weighted by Crippen LogP contribution is -2.04. The molecule has 0 aliphatic carbocycles. The summed E-state index contributed by atoms with van der Waals surface area (Å²) in [6.07, 6.45) is 0.440. The highest BCUT2D eigenvalue weighted by Crippen LogP contribution is 2.24. The molecule has 0 saturated carbocycles. The van der Waals surface area contributed by atoms with Crippen molar-refractivity contribution >= 4 is 17.6 Å². The van der Waals surface area contributed by atoms with Gasteiger partial charge < -0.3 is 4.74 Å². The number of methoxy groups -OCH3 is 1. The molecule has 0 bridgehead atoms. The van der Waals surface area contributed by atoms with E-state index in [1.807, 2.05) is 0 Å². The van der Waals surface area contributed by atoms with Crippen molar-refractivity contribution in [2.45, 2.75) is 13.3 Å².